The third-order valence-electron chi connectivity index (χ3n) is 5.23. The van der Waals surface area contributed by atoms with Crippen LogP contribution in [0.15, 0.2) is 36.8 Å². The summed E-state index contributed by atoms with van der Waals surface area (Å²) in [6.07, 6.45) is 6.21. The minimum Gasteiger partial charge on any atom is -0.495 e. The van der Waals surface area contributed by atoms with Crippen LogP contribution in [-0.2, 0) is 0 Å². The first-order valence-electron chi connectivity index (χ1n) is 9.56. The summed E-state index contributed by atoms with van der Waals surface area (Å²) in [7, 11) is 3.26. The van der Waals surface area contributed by atoms with E-state index in [9.17, 15) is 0 Å². The third-order valence-corrected chi connectivity index (χ3v) is 5.23. The van der Waals surface area contributed by atoms with Gasteiger partial charge in [0.25, 0.3) is 0 Å². The van der Waals surface area contributed by atoms with Crippen molar-refractivity contribution in [3.05, 3.63) is 53.9 Å². The second kappa shape index (κ2) is 8.03. The van der Waals surface area contributed by atoms with Crippen LogP contribution in [0.5, 0.6) is 17.4 Å². The van der Waals surface area contributed by atoms with Gasteiger partial charge in [-0.3, -0.25) is 9.97 Å². The Morgan fingerprint density at radius 1 is 0.966 bits per heavy atom. The molecule has 0 aliphatic heterocycles. The Morgan fingerprint density at radius 3 is 2.48 bits per heavy atom. The van der Waals surface area contributed by atoms with Gasteiger partial charge in [-0.05, 0) is 38.5 Å². The topological polar surface area (TPSA) is 79.2 Å². The summed E-state index contributed by atoms with van der Waals surface area (Å²) in [5, 5.41) is 0. The van der Waals surface area contributed by atoms with Gasteiger partial charge >= 0.3 is 0 Å². The minimum atomic E-state index is 0.405. The van der Waals surface area contributed by atoms with Gasteiger partial charge in [0, 0.05) is 29.3 Å². The molecule has 1 fully saturated rings. The quantitative estimate of drug-likeness (QED) is 0.606. The monoisotopic (exact) mass is 392 g/mol. The van der Waals surface area contributed by atoms with Crippen LogP contribution >= 0.6 is 0 Å². The number of pyridine rings is 2. The molecular formula is C22H24N4O3. The molecule has 29 heavy (non-hydrogen) atoms. The van der Waals surface area contributed by atoms with Gasteiger partial charge in [0.1, 0.15) is 17.2 Å². The Kier molecular flexibility index (Phi) is 5.29. The van der Waals surface area contributed by atoms with Crippen molar-refractivity contribution < 1.29 is 14.2 Å². The smallest absolute Gasteiger partial charge is 0.240 e. The maximum absolute atomic E-state index is 6.13. The van der Waals surface area contributed by atoms with Gasteiger partial charge in [0.15, 0.2) is 0 Å². The van der Waals surface area contributed by atoms with Gasteiger partial charge in [0.2, 0.25) is 5.88 Å². The Balaban J connectivity index is 1.50. The van der Waals surface area contributed by atoms with E-state index < -0.39 is 0 Å². The molecule has 1 saturated carbocycles. The average Bonchev–Trinajstić information content (AvgIpc) is 3.54. The van der Waals surface area contributed by atoms with Crippen LogP contribution in [0, 0.1) is 19.8 Å². The van der Waals surface area contributed by atoms with Crippen molar-refractivity contribution in [2.75, 3.05) is 20.8 Å². The highest BCUT2D eigenvalue weighted by Gasteiger charge is 2.40. The SMILES string of the molecule is COc1ccc([C@H]2C[C@@H]2COc2nc(C)c(C)nc2-c2cncc(OC)c2)nc1. The van der Waals surface area contributed by atoms with E-state index >= 15 is 0 Å². The maximum Gasteiger partial charge on any atom is 0.240 e. The van der Waals surface area contributed by atoms with Gasteiger partial charge < -0.3 is 14.2 Å². The molecular weight excluding hydrogens is 368 g/mol. The molecule has 3 aromatic rings. The Bertz CT molecular complexity index is 1010. The predicted octanol–water partition coefficient (Wildman–Crippen LogP) is 3.75. The summed E-state index contributed by atoms with van der Waals surface area (Å²) in [5.74, 6) is 2.78. The molecule has 7 heteroatoms. The standard InChI is InChI=1S/C22H24N4O3/c1-13-14(2)26-22(21(25-13)15-7-18(28-4)10-23-9-15)29-12-16-8-19(16)20-6-5-17(27-3)11-24-20/h5-7,9-11,16,19H,8,12H2,1-4H3/t16-,19+/m1/s1. The Labute approximate surface area is 170 Å². The van der Waals surface area contributed by atoms with E-state index in [1.165, 1.54) is 0 Å². The third kappa shape index (κ3) is 4.13. The zero-order chi connectivity index (χ0) is 20.4. The molecule has 0 saturated heterocycles. The molecule has 0 bridgehead atoms. The molecule has 1 aliphatic rings. The van der Waals surface area contributed by atoms with Crippen LogP contribution in [-0.4, -0.2) is 40.8 Å². The number of methoxy groups -OCH3 is 2. The fourth-order valence-corrected chi connectivity index (χ4v) is 3.24. The van der Waals surface area contributed by atoms with Crippen LogP contribution in [0.3, 0.4) is 0 Å². The molecule has 7 nitrogen and oxygen atoms in total. The number of hydrogen-bond donors (Lipinski definition) is 0. The van der Waals surface area contributed by atoms with E-state index in [2.05, 4.69) is 15.0 Å². The number of ether oxygens (including phenoxy) is 3. The van der Waals surface area contributed by atoms with Crippen LogP contribution in [0.1, 0.15) is 29.4 Å². The number of aryl methyl sites for hydroxylation is 2. The fourth-order valence-electron chi connectivity index (χ4n) is 3.24. The summed E-state index contributed by atoms with van der Waals surface area (Å²) < 4.78 is 16.6. The van der Waals surface area contributed by atoms with E-state index in [1.807, 2.05) is 32.0 Å². The summed E-state index contributed by atoms with van der Waals surface area (Å²) in [4.78, 5) is 18.1. The highest BCUT2D eigenvalue weighted by atomic mass is 16.5. The van der Waals surface area contributed by atoms with E-state index in [4.69, 9.17) is 19.2 Å². The molecule has 150 valence electrons. The minimum absolute atomic E-state index is 0.405. The van der Waals surface area contributed by atoms with Gasteiger partial charge in [-0.2, -0.15) is 0 Å². The lowest BCUT2D eigenvalue weighted by molar-refractivity contribution is 0.285. The van der Waals surface area contributed by atoms with Crippen molar-refractivity contribution in [3.8, 4) is 28.6 Å². The largest absolute Gasteiger partial charge is 0.495 e. The fraction of sp³-hybridized carbons (Fsp3) is 0.364. The molecule has 0 N–H and O–H groups in total. The normalized spacial score (nSPS) is 17.7. The van der Waals surface area contributed by atoms with Crippen LogP contribution < -0.4 is 14.2 Å². The summed E-state index contributed by atoms with van der Waals surface area (Å²) >= 11 is 0. The van der Waals surface area contributed by atoms with Gasteiger partial charge in [-0.25, -0.2) is 9.97 Å². The number of hydrogen-bond acceptors (Lipinski definition) is 7. The molecule has 0 aromatic carbocycles. The zero-order valence-corrected chi connectivity index (χ0v) is 17.0. The van der Waals surface area contributed by atoms with E-state index in [1.54, 1.807) is 32.8 Å². The average molecular weight is 392 g/mol. The molecule has 0 amide bonds. The molecule has 3 aromatic heterocycles. The van der Waals surface area contributed by atoms with Crippen LogP contribution in [0.4, 0.5) is 0 Å². The summed E-state index contributed by atoms with van der Waals surface area (Å²) in [6.45, 7) is 4.44. The number of nitrogens with zero attached hydrogens (tertiary/aromatic N) is 4. The maximum atomic E-state index is 6.13. The highest BCUT2D eigenvalue weighted by molar-refractivity contribution is 5.65. The van der Waals surface area contributed by atoms with E-state index in [0.717, 1.165) is 34.8 Å². The van der Waals surface area contributed by atoms with Gasteiger partial charge in [-0.15, -0.1) is 0 Å². The van der Waals surface area contributed by atoms with Crippen molar-refractivity contribution in [2.24, 2.45) is 5.92 Å². The first-order chi connectivity index (χ1) is 14.1. The molecule has 0 radical (unpaired) electrons. The second-order valence-electron chi connectivity index (χ2n) is 7.20. The van der Waals surface area contributed by atoms with Crippen molar-refractivity contribution >= 4 is 0 Å². The lowest BCUT2D eigenvalue weighted by atomic mass is 10.2. The lowest BCUT2D eigenvalue weighted by Gasteiger charge is -2.13. The van der Waals surface area contributed by atoms with Crippen molar-refractivity contribution in [1.29, 1.82) is 0 Å². The zero-order valence-electron chi connectivity index (χ0n) is 17.0. The molecule has 2 atom stereocenters. The molecule has 4 rings (SSSR count). The van der Waals surface area contributed by atoms with Gasteiger partial charge in [-0.1, -0.05) is 0 Å². The molecule has 3 heterocycles. The Hall–Kier alpha value is -3.22. The molecule has 1 aliphatic carbocycles. The molecule has 0 spiro atoms. The van der Waals surface area contributed by atoms with Crippen LogP contribution in [0.25, 0.3) is 11.3 Å². The Morgan fingerprint density at radius 2 is 1.76 bits per heavy atom. The predicted molar refractivity (Wildman–Crippen MR) is 108 cm³/mol. The first-order valence-corrected chi connectivity index (χ1v) is 9.56. The van der Waals surface area contributed by atoms with Crippen molar-refractivity contribution in [2.45, 2.75) is 26.2 Å². The summed E-state index contributed by atoms with van der Waals surface area (Å²) in [6, 6.07) is 5.85. The number of rotatable bonds is 7. The van der Waals surface area contributed by atoms with Crippen LogP contribution in [0.2, 0.25) is 0 Å². The van der Waals surface area contributed by atoms with E-state index in [0.29, 0.717) is 35.8 Å². The first kappa shape index (κ1) is 19.1. The van der Waals surface area contributed by atoms with Crippen molar-refractivity contribution in [3.63, 3.8) is 0 Å². The van der Waals surface area contributed by atoms with Gasteiger partial charge in [0.05, 0.1) is 44.6 Å². The summed E-state index contributed by atoms with van der Waals surface area (Å²) in [5.41, 5.74) is 4.28. The lowest BCUT2D eigenvalue weighted by Crippen LogP contribution is -2.07. The van der Waals surface area contributed by atoms with E-state index in [-0.39, 0.29) is 0 Å². The molecule has 0 unspecified atom stereocenters. The second-order valence-corrected chi connectivity index (χ2v) is 7.20. The van der Waals surface area contributed by atoms with Crippen molar-refractivity contribution in [1.82, 2.24) is 19.9 Å². The highest BCUT2D eigenvalue weighted by Crippen LogP contribution is 2.47. The number of aromatic nitrogens is 4.